The van der Waals surface area contributed by atoms with Crippen molar-refractivity contribution in [3.05, 3.63) is 29.3 Å². The summed E-state index contributed by atoms with van der Waals surface area (Å²) in [5.74, 6) is -1.03. The van der Waals surface area contributed by atoms with Crippen LogP contribution in [0.1, 0.15) is 44.0 Å². The van der Waals surface area contributed by atoms with E-state index < -0.39 is 46.2 Å². The number of fused-ring (bicyclic) bond motifs is 4. The molecule has 0 radical (unpaired) electrons. The van der Waals surface area contributed by atoms with Gasteiger partial charge in [0, 0.05) is 0 Å². The maximum atomic E-state index is 12.5. The first-order chi connectivity index (χ1) is 14.8. The number of nitrogens with one attached hydrogen (secondary N) is 1. The molecular formula is C18H23N3O10S. The van der Waals surface area contributed by atoms with E-state index in [4.69, 9.17) is 14.0 Å². The van der Waals surface area contributed by atoms with Crippen molar-refractivity contribution in [1.82, 2.24) is 15.3 Å². The normalized spacial score (nSPS) is 20.1. The predicted molar refractivity (Wildman–Crippen MR) is 106 cm³/mol. The Morgan fingerprint density at radius 2 is 1.94 bits per heavy atom. The molecule has 2 atom stereocenters. The molecule has 3 N–H and O–H groups in total. The van der Waals surface area contributed by atoms with Gasteiger partial charge in [0.1, 0.15) is 24.0 Å². The van der Waals surface area contributed by atoms with E-state index in [2.05, 4.69) is 9.60 Å². The van der Waals surface area contributed by atoms with Crippen LogP contribution in [-0.2, 0) is 24.2 Å². The SMILES string of the molecule is CC(C)(C)OC(=O)NCCOc1ccc2c(c1)[C@@H]1CN(C(=O)N1OS(=O)(=O)O)[C@H]2C(=O)O. The summed E-state index contributed by atoms with van der Waals surface area (Å²) in [6.45, 7) is 5.19. The molecule has 2 bridgehead atoms. The molecule has 3 rings (SSSR count). The number of hydroxylamine groups is 2. The number of hydrogen-bond donors (Lipinski definition) is 3. The van der Waals surface area contributed by atoms with Crippen molar-refractivity contribution in [2.24, 2.45) is 0 Å². The van der Waals surface area contributed by atoms with Gasteiger partial charge in [-0.3, -0.25) is 4.55 Å². The highest BCUT2D eigenvalue weighted by Gasteiger charge is 2.52. The molecule has 1 aromatic carbocycles. The van der Waals surface area contributed by atoms with Gasteiger partial charge in [0.2, 0.25) is 0 Å². The molecular weight excluding hydrogens is 450 g/mol. The average Bonchev–Trinajstić information content (AvgIpc) is 2.89. The minimum Gasteiger partial charge on any atom is -0.492 e. The van der Waals surface area contributed by atoms with Crippen LogP contribution < -0.4 is 10.1 Å². The first kappa shape index (κ1) is 23.6. The average molecular weight is 473 g/mol. The van der Waals surface area contributed by atoms with Crippen molar-refractivity contribution < 1.29 is 46.2 Å². The molecule has 1 aromatic rings. The molecule has 2 heterocycles. The number of carboxylic acids is 1. The molecule has 0 saturated carbocycles. The van der Waals surface area contributed by atoms with Gasteiger partial charge >= 0.3 is 28.5 Å². The first-order valence-corrected chi connectivity index (χ1v) is 10.9. The van der Waals surface area contributed by atoms with Crippen LogP contribution in [0.3, 0.4) is 0 Å². The number of carbonyl (C=O) groups excluding carboxylic acids is 2. The molecule has 13 nitrogen and oxygen atoms in total. The van der Waals surface area contributed by atoms with E-state index in [1.54, 1.807) is 20.8 Å². The van der Waals surface area contributed by atoms with Gasteiger partial charge in [0.05, 0.1) is 13.1 Å². The zero-order valence-corrected chi connectivity index (χ0v) is 18.3. The molecule has 32 heavy (non-hydrogen) atoms. The molecule has 2 aliphatic rings. The Kier molecular flexibility index (Phi) is 6.22. The number of nitrogens with zero attached hydrogens (tertiary/aromatic N) is 2. The lowest BCUT2D eigenvalue weighted by Gasteiger charge is -2.30. The van der Waals surface area contributed by atoms with Gasteiger partial charge in [0.25, 0.3) is 0 Å². The minimum absolute atomic E-state index is 0.0569. The van der Waals surface area contributed by atoms with E-state index in [1.165, 1.54) is 18.2 Å². The fourth-order valence-electron chi connectivity index (χ4n) is 3.47. The third-order valence-corrected chi connectivity index (χ3v) is 4.91. The standard InChI is InChI=1S/C18H23N3O10S/c1-18(2,3)30-16(24)19-6-7-29-10-4-5-11-12(8-10)13-9-20(14(11)15(22)23)17(25)21(13)31-32(26,27)28/h4-5,8,13-14H,6-7,9H2,1-3H3,(H,19,24)(H,22,23)(H,26,27,28)/t13-,14+/m0/s1. The predicted octanol–water partition coefficient (Wildman–Crippen LogP) is 1.24. The smallest absolute Gasteiger partial charge is 0.418 e. The Bertz CT molecular complexity index is 1040. The van der Waals surface area contributed by atoms with Gasteiger partial charge in [0.15, 0.2) is 6.04 Å². The summed E-state index contributed by atoms with van der Waals surface area (Å²) in [7, 11) is -5.02. The number of carboxylic acid groups (broad SMARTS) is 1. The molecule has 0 spiro atoms. The van der Waals surface area contributed by atoms with Crippen LogP contribution in [0.25, 0.3) is 0 Å². The van der Waals surface area contributed by atoms with Crippen molar-refractivity contribution >= 4 is 28.5 Å². The van der Waals surface area contributed by atoms with E-state index >= 15 is 0 Å². The highest BCUT2D eigenvalue weighted by atomic mass is 32.3. The quantitative estimate of drug-likeness (QED) is 0.386. The second kappa shape index (κ2) is 8.44. The van der Waals surface area contributed by atoms with E-state index in [1.807, 2.05) is 0 Å². The largest absolute Gasteiger partial charge is 0.492 e. The molecule has 0 unspecified atom stereocenters. The summed E-state index contributed by atoms with van der Waals surface area (Å²) in [6.07, 6.45) is -0.613. The molecule has 2 aliphatic heterocycles. The van der Waals surface area contributed by atoms with Crippen molar-refractivity contribution in [3.8, 4) is 5.75 Å². The monoisotopic (exact) mass is 473 g/mol. The Balaban J connectivity index is 1.76. The highest BCUT2D eigenvalue weighted by Crippen LogP contribution is 2.45. The number of urea groups is 1. The lowest BCUT2D eigenvalue weighted by atomic mass is 9.91. The lowest BCUT2D eigenvalue weighted by Crippen LogP contribution is -2.38. The Hall–Kier alpha value is -3.10. The summed E-state index contributed by atoms with van der Waals surface area (Å²) < 4.78 is 46.4. The summed E-state index contributed by atoms with van der Waals surface area (Å²) in [5.41, 5.74) is -0.101. The van der Waals surface area contributed by atoms with Crippen molar-refractivity contribution in [1.29, 1.82) is 0 Å². The van der Waals surface area contributed by atoms with Crippen LogP contribution in [0.15, 0.2) is 18.2 Å². The second-order valence-electron chi connectivity index (χ2n) is 8.09. The lowest BCUT2D eigenvalue weighted by molar-refractivity contribution is -0.142. The second-order valence-corrected chi connectivity index (χ2v) is 9.09. The van der Waals surface area contributed by atoms with Crippen molar-refractivity contribution in [2.45, 2.75) is 38.5 Å². The third kappa shape index (κ3) is 5.20. The summed E-state index contributed by atoms with van der Waals surface area (Å²) in [6, 6.07) is 1.03. The third-order valence-electron chi connectivity index (χ3n) is 4.56. The van der Waals surface area contributed by atoms with Gasteiger partial charge in [-0.15, -0.1) is 4.28 Å². The molecule has 1 saturated heterocycles. The number of benzene rings is 1. The molecule has 14 heteroatoms. The number of amides is 3. The van der Waals surface area contributed by atoms with E-state index in [0.29, 0.717) is 16.4 Å². The van der Waals surface area contributed by atoms with E-state index in [9.17, 15) is 27.9 Å². The fraction of sp³-hybridized carbons (Fsp3) is 0.500. The van der Waals surface area contributed by atoms with Gasteiger partial charge in [-0.2, -0.15) is 13.5 Å². The van der Waals surface area contributed by atoms with Crippen LogP contribution in [0.2, 0.25) is 0 Å². The fourth-order valence-corrected chi connectivity index (χ4v) is 3.85. The van der Waals surface area contributed by atoms with Crippen LogP contribution in [0.5, 0.6) is 5.75 Å². The molecule has 0 aliphatic carbocycles. The summed E-state index contributed by atoms with van der Waals surface area (Å²) >= 11 is 0. The van der Waals surface area contributed by atoms with Gasteiger partial charge in [-0.1, -0.05) is 6.07 Å². The zero-order valence-electron chi connectivity index (χ0n) is 17.5. The van der Waals surface area contributed by atoms with Gasteiger partial charge in [-0.25, -0.2) is 14.4 Å². The summed E-state index contributed by atoms with van der Waals surface area (Å²) in [4.78, 5) is 36.9. The van der Waals surface area contributed by atoms with Crippen LogP contribution in [0.4, 0.5) is 9.59 Å². The molecule has 0 aromatic heterocycles. The van der Waals surface area contributed by atoms with E-state index in [0.717, 1.165) is 4.90 Å². The van der Waals surface area contributed by atoms with Gasteiger partial charge in [-0.05, 0) is 44.0 Å². The molecule has 176 valence electrons. The van der Waals surface area contributed by atoms with Gasteiger partial charge < -0.3 is 24.8 Å². The van der Waals surface area contributed by atoms with Crippen LogP contribution in [0, 0.1) is 0 Å². The Morgan fingerprint density at radius 3 is 2.53 bits per heavy atom. The number of alkyl carbamates (subject to hydrolysis) is 1. The maximum absolute atomic E-state index is 12.5. The maximum Gasteiger partial charge on any atom is 0.418 e. The van der Waals surface area contributed by atoms with E-state index in [-0.39, 0.29) is 25.3 Å². The van der Waals surface area contributed by atoms with Crippen LogP contribution >= 0.6 is 0 Å². The zero-order chi connectivity index (χ0) is 23.8. The molecule has 3 amide bonds. The number of rotatable bonds is 7. The topological polar surface area (TPSA) is 172 Å². The first-order valence-electron chi connectivity index (χ1n) is 9.50. The Labute approximate surface area is 183 Å². The number of ether oxygens (including phenoxy) is 2. The summed E-state index contributed by atoms with van der Waals surface area (Å²) in [5, 5.41) is 12.6. The van der Waals surface area contributed by atoms with Crippen molar-refractivity contribution in [3.63, 3.8) is 0 Å². The minimum atomic E-state index is -5.02. The number of carbonyl (C=O) groups is 3. The van der Waals surface area contributed by atoms with Crippen LogP contribution in [-0.4, -0.2) is 71.4 Å². The number of hydrogen-bond acceptors (Lipinski definition) is 8. The Morgan fingerprint density at radius 1 is 1.25 bits per heavy atom. The van der Waals surface area contributed by atoms with Crippen molar-refractivity contribution in [2.75, 3.05) is 19.7 Å². The number of aliphatic carboxylic acids is 1. The molecule has 1 fully saturated rings. The highest BCUT2D eigenvalue weighted by molar-refractivity contribution is 7.80.